The highest BCUT2D eigenvalue weighted by molar-refractivity contribution is 6.06. The zero-order valence-corrected chi connectivity index (χ0v) is 13.5. The number of hydrogen-bond donors (Lipinski definition) is 2. The van der Waals surface area contributed by atoms with Gasteiger partial charge < -0.3 is 9.67 Å². The number of carbonyl (C=O) groups is 2. The molecule has 0 fully saturated rings. The highest BCUT2D eigenvalue weighted by Gasteiger charge is 2.12. The van der Waals surface area contributed by atoms with Gasteiger partial charge in [-0.1, -0.05) is 24.3 Å². The van der Waals surface area contributed by atoms with E-state index in [4.69, 9.17) is 0 Å². The van der Waals surface area contributed by atoms with Crippen LogP contribution in [0.25, 0.3) is 5.76 Å². The summed E-state index contributed by atoms with van der Waals surface area (Å²) in [4.78, 5) is 27.5. The average Bonchev–Trinajstić information content (AvgIpc) is 3.27. The van der Waals surface area contributed by atoms with Crippen LogP contribution < -0.4 is 0 Å². The van der Waals surface area contributed by atoms with E-state index in [1.807, 2.05) is 12.1 Å². The predicted octanol–water partition coefficient (Wildman–Crippen LogP) is 2.64. The van der Waals surface area contributed by atoms with E-state index in [2.05, 4.69) is 15.2 Å². The van der Waals surface area contributed by atoms with Gasteiger partial charge in [-0.05, 0) is 24.6 Å². The molecule has 0 unspecified atom stereocenters. The fraction of sp³-hybridized carbons (Fsp3) is 0.111. The number of rotatable bonds is 6. The quantitative estimate of drug-likeness (QED) is 0.409. The number of ketones is 2. The molecule has 0 aliphatic rings. The van der Waals surface area contributed by atoms with E-state index < -0.39 is 0 Å². The Hall–Kier alpha value is -3.48. The van der Waals surface area contributed by atoms with Crippen LogP contribution in [0.2, 0.25) is 0 Å². The van der Waals surface area contributed by atoms with Crippen molar-refractivity contribution in [1.82, 2.24) is 19.7 Å². The Bertz CT molecular complexity index is 922. The van der Waals surface area contributed by atoms with Crippen molar-refractivity contribution in [1.29, 1.82) is 0 Å². The van der Waals surface area contributed by atoms with Crippen molar-refractivity contribution in [3.8, 4) is 0 Å². The first-order valence-corrected chi connectivity index (χ1v) is 7.60. The molecule has 0 amide bonds. The molecule has 0 atom stereocenters. The number of nitrogens with one attached hydrogen (secondary N) is 1. The molecule has 2 N–H and O–H groups in total. The minimum Gasteiger partial charge on any atom is -0.504 e. The number of nitrogens with zero attached hydrogens (tertiary/aromatic N) is 3. The summed E-state index contributed by atoms with van der Waals surface area (Å²) in [6.45, 7) is 1.99. The van der Waals surface area contributed by atoms with Crippen LogP contribution in [0.3, 0.4) is 0 Å². The Morgan fingerprint density at radius 2 is 2.00 bits per heavy atom. The lowest BCUT2D eigenvalue weighted by molar-refractivity contribution is 0.101. The van der Waals surface area contributed by atoms with E-state index in [1.54, 1.807) is 35.0 Å². The molecule has 0 spiro atoms. The first kappa shape index (κ1) is 16.4. The molecule has 126 valence electrons. The fourth-order valence-corrected chi connectivity index (χ4v) is 2.41. The van der Waals surface area contributed by atoms with Gasteiger partial charge in [0.25, 0.3) is 0 Å². The molecular formula is C18H16N4O3. The van der Waals surface area contributed by atoms with Gasteiger partial charge in [-0.3, -0.25) is 14.7 Å². The summed E-state index contributed by atoms with van der Waals surface area (Å²) >= 11 is 0. The van der Waals surface area contributed by atoms with Gasteiger partial charge >= 0.3 is 0 Å². The lowest BCUT2D eigenvalue weighted by Gasteiger charge is -2.08. The van der Waals surface area contributed by atoms with Crippen molar-refractivity contribution in [2.45, 2.75) is 13.5 Å². The summed E-state index contributed by atoms with van der Waals surface area (Å²) < 4.78 is 1.77. The van der Waals surface area contributed by atoms with E-state index in [0.29, 0.717) is 17.8 Å². The molecule has 0 radical (unpaired) electrons. The third kappa shape index (κ3) is 3.72. The maximum atomic E-state index is 12.4. The normalized spacial score (nSPS) is 11.5. The van der Waals surface area contributed by atoms with E-state index in [9.17, 15) is 14.7 Å². The lowest BCUT2D eigenvalue weighted by Crippen LogP contribution is -2.08. The Morgan fingerprint density at radius 1 is 1.24 bits per heavy atom. The summed E-state index contributed by atoms with van der Waals surface area (Å²) in [5.74, 6) is -0.483. The second kappa shape index (κ2) is 6.96. The fourth-order valence-electron chi connectivity index (χ4n) is 2.41. The van der Waals surface area contributed by atoms with Crippen LogP contribution >= 0.6 is 0 Å². The van der Waals surface area contributed by atoms with Crippen LogP contribution in [0, 0.1) is 0 Å². The second-order valence-corrected chi connectivity index (χ2v) is 5.50. The molecule has 7 heteroatoms. The van der Waals surface area contributed by atoms with Gasteiger partial charge in [-0.2, -0.15) is 5.10 Å². The number of aliphatic hydroxyl groups excluding tert-OH is 1. The molecule has 0 bridgehead atoms. The van der Waals surface area contributed by atoms with E-state index >= 15 is 0 Å². The van der Waals surface area contributed by atoms with Gasteiger partial charge in [0.05, 0.1) is 5.69 Å². The SMILES string of the molecule is CC(=O)c1ccc(Cn2cccc2C(=O)C=C(O)c2ncn[nH]2)cc1. The van der Waals surface area contributed by atoms with Gasteiger partial charge in [-0.15, -0.1) is 0 Å². The third-order valence-electron chi connectivity index (χ3n) is 3.72. The molecule has 3 rings (SSSR count). The number of carbonyl (C=O) groups excluding carboxylic acids is 2. The van der Waals surface area contributed by atoms with Crippen LogP contribution in [0.15, 0.2) is 55.0 Å². The summed E-state index contributed by atoms with van der Waals surface area (Å²) in [5, 5.41) is 16.0. The summed E-state index contributed by atoms with van der Waals surface area (Å²) in [6.07, 6.45) is 4.13. The second-order valence-electron chi connectivity index (χ2n) is 5.50. The van der Waals surface area contributed by atoms with Crippen molar-refractivity contribution in [3.05, 3.63) is 77.6 Å². The smallest absolute Gasteiger partial charge is 0.206 e. The predicted molar refractivity (Wildman–Crippen MR) is 91.3 cm³/mol. The van der Waals surface area contributed by atoms with E-state index in [0.717, 1.165) is 11.6 Å². The zero-order valence-electron chi connectivity index (χ0n) is 13.5. The van der Waals surface area contributed by atoms with Crippen LogP contribution in [0.1, 0.15) is 39.2 Å². The molecule has 3 aromatic rings. The number of hydrogen-bond acceptors (Lipinski definition) is 5. The minimum atomic E-state index is -0.348. The number of aliphatic hydroxyl groups is 1. The van der Waals surface area contributed by atoms with Crippen molar-refractivity contribution >= 4 is 17.3 Å². The molecule has 2 heterocycles. The van der Waals surface area contributed by atoms with Crippen molar-refractivity contribution in [2.75, 3.05) is 0 Å². The zero-order chi connectivity index (χ0) is 17.8. The van der Waals surface area contributed by atoms with Gasteiger partial charge in [0.1, 0.15) is 6.33 Å². The Balaban J connectivity index is 1.79. The molecule has 25 heavy (non-hydrogen) atoms. The van der Waals surface area contributed by atoms with E-state index in [-0.39, 0.29) is 23.2 Å². The van der Waals surface area contributed by atoms with Gasteiger partial charge in [0, 0.05) is 24.4 Å². The third-order valence-corrected chi connectivity index (χ3v) is 3.72. The minimum absolute atomic E-state index is 0.0106. The highest BCUT2D eigenvalue weighted by Crippen LogP contribution is 2.13. The molecular weight excluding hydrogens is 320 g/mol. The molecule has 1 aromatic carbocycles. The molecule has 7 nitrogen and oxygen atoms in total. The summed E-state index contributed by atoms with van der Waals surface area (Å²) in [7, 11) is 0. The monoisotopic (exact) mass is 336 g/mol. The largest absolute Gasteiger partial charge is 0.504 e. The summed E-state index contributed by atoms with van der Waals surface area (Å²) in [6, 6.07) is 10.7. The van der Waals surface area contributed by atoms with Crippen molar-refractivity contribution in [2.24, 2.45) is 0 Å². The van der Waals surface area contributed by atoms with Crippen LogP contribution in [0.4, 0.5) is 0 Å². The topological polar surface area (TPSA) is 101 Å². The highest BCUT2D eigenvalue weighted by atomic mass is 16.3. The Labute approximate surface area is 143 Å². The number of aromatic amines is 1. The first-order chi connectivity index (χ1) is 12.0. The molecule has 0 saturated heterocycles. The molecule has 0 aliphatic carbocycles. The molecule has 0 aliphatic heterocycles. The van der Waals surface area contributed by atoms with Crippen LogP contribution in [0.5, 0.6) is 0 Å². The Kier molecular flexibility index (Phi) is 4.56. The van der Waals surface area contributed by atoms with Crippen molar-refractivity contribution in [3.63, 3.8) is 0 Å². The summed E-state index contributed by atoms with van der Waals surface area (Å²) in [5.41, 5.74) is 2.04. The Morgan fingerprint density at radius 3 is 2.64 bits per heavy atom. The van der Waals surface area contributed by atoms with Gasteiger partial charge in [0.2, 0.25) is 5.78 Å². The number of aromatic nitrogens is 4. The molecule has 0 saturated carbocycles. The van der Waals surface area contributed by atoms with Crippen LogP contribution in [-0.2, 0) is 6.54 Å². The van der Waals surface area contributed by atoms with Crippen LogP contribution in [-0.4, -0.2) is 36.4 Å². The number of H-pyrrole nitrogens is 1. The van der Waals surface area contributed by atoms with Crippen molar-refractivity contribution < 1.29 is 14.7 Å². The maximum Gasteiger partial charge on any atom is 0.206 e. The standard InChI is InChI=1S/C18H16N4O3/c1-12(23)14-6-4-13(5-7-14)10-22-8-2-3-15(22)16(24)9-17(25)18-19-11-20-21-18/h2-9,11,25H,10H2,1H3,(H,19,20,21). The van der Waals surface area contributed by atoms with Gasteiger partial charge in [0.15, 0.2) is 17.4 Å². The number of Topliss-reactive ketones (excluding diaryl/α,β-unsaturated/α-hetero) is 1. The number of benzene rings is 1. The van der Waals surface area contributed by atoms with E-state index in [1.165, 1.54) is 13.3 Å². The average molecular weight is 336 g/mol. The van der Waals surface area contributed by atoms with Gasteiger partial charge in [-0.25, -0.2) is 4.98 Å². The first-order valence-electron chi connectivity index (χ1n) is 7.60. The maximum absolute atomic E-state index is 12.4. The lowest BCUT2D eigenvalue weighted by atomic mass is 10.1. The number of allylic oxidation sites excluding steroid dienone is 1. The molecule has 2 aromatic heterocycles.